The van der Waals surface area contributed by atoms with Crippen LogP contribution in [0.1, 0.15) is 40.5 Å². The molecule has 1 aliphatic heterocycles. The summed E-state index contributed by atoms with van der Waals surface area (Å²) in [5.41, 5.74) is -0.503. The SMILES string of the molecule is CCC1C(=O)OCCC1C(=O)OC(C)(C)C. The van der Waals surface area contributed by atoms with Gasteiger partial charge in [0.05, 0.1) is 18.4 Å². The van der Waals surface area contributed by atoms with Gasteiger partial charge in [-0.1, -0.05) is 6.92 Å². The highest BCUT2D eigenvalue weighted by atomic mass is 16.6. The van der Waals surface area contributed by atoms with Crippen molar-refractivity contribution in [2.75, 3.05) is 6.61 Å². The van der Waals surface area contributed by atoms with E-state index in [1.54, 1.807) is 0 Å². The Bertz CT molecular complexity index is 277. The average molecular weight is 228 g/mol. The number of hydrogen-bond acceptors (Lipinski definition) is 4. The molecule has 1 heterocycles. The summed E-state index contributed by atoms with van der Waals surface area (Å²) in [6.07, 6.45) is 1.18. The minimum atomic E-state index is -0.503. The Balaban J connectivity index is 2.70. The summed E-state index contributed by atoms with van der Waals surface area (Å²) >= 11 is 0. The first-order valence-corrected chi connectivity index (χ1v) is 5.74. The molecule has 4 heteroatoms. The zero-order chi connectivity index (χ0) is 12.3. The van der Waals surface area contributed by atoms with Gasteiger partial charge in [0.25, 0.3) is 0 Å². The number of ether oxygens (including phenoxy) is 2. The lowest BCUT2D eigenvalue weighted by Gasteiger charge is -2.30. The minimum absolute atomic E-state index is 0.274. The van der Waals surface area contributed by atoms with Crippen LogP contribution in [0, 0.1) is 11.8 Å². The standard InChI is InChI=1S/C12H20O4/c1-5-8-9(6-7-15-10(8)13)11(14)16-12(2,3)4/h8-9H,5-7H2,1-4H3. The topological polar surface area (TPSA) is 52.6 Å². The number of hydrogen-bond donors (Lipinski definition) is 0. The zero-order valence-electron chi connectivity index (χ0n) is 10.4. The van der Waals surface area contributed by atoms with Gasteiger partial charge < -0.3 is 9.47 Å². The lowest BCUT2D eigenvalue weighted by molar-refractivity contribution is -0.174. The van der Waals surface area contributed by atoms with E-state index in [0.29, 0.717) is 19.4 Å². The maximum Gasteiger partial charge on any atom is 0.310 e. The fraction of sp³-hybridized carbons (Fsp3) is 0.833. The number of carbonyl (C=O) groups excluding carboxylic acids is 2. The summed E-state index contributed by atoms with van der Waals surface area (Å²) < 4.78 is 10.3. The van der Waals surface area contributed by atoms with Gasteiger partial charge in [-0.3, -0.25) is 9.59 Å². The summed E-state index contributed by atoms with van der Waals surface area (Å²) in [4.78, 5) is 23.4. The van der Waals surface area contributed by atoms with E-state index in [2.05, 4.69) is 0 Å². The second-order valence-electron chi connectivity index (χ2n) is 5.11. The molecule has 0 spiro atoms. The molecule has 1 rings (SSSR count). The highest BCUT2D eigenvalue weighted by molar-refractivity contribution is 5.83. The lowest BCUT2D eigenvalue weighted by atomic mass is 9.86. The van der Waals surface area contributed by atoms with Crippen molar-refractivity contribution in [1.82, 2.24) is 0 Å². The molecular formula is C12H20O4. The van der Waals surface area contributed by atoms with E-state index in [4.69, 9.17) is 9.47 Å². The molecular weight excluding hydrogens is 208 g/mol. The molecule has 1 fully saturated rings. The van der Waals surface area contributed by atoms with E-state index >= 15 is 0 Å². The quantitative estimate of drug-likeness (QED) is 0.677. The second kappa shape index (κ2) is 4.85. The van der Waals surface area contributed by atoms with Crippen LogP contribution in [0.3, 0.4) is 0 Å². The molecule has 2 atom stereocenters. The van der Waals surface area contributed by atoms with Crippen molar-refractivity contribution >= 4 is 11.9 Å². The number of esters is 2. The van der Waals surface area contributed by atoms with E-state index < -0.39 is 5.60 Å². The van der Waals surface area contributed by atoms with Crippen molar-refractivity contribution in [3.05, 3.63) is 0 Å². The van der Waals surface area contributed by atoms with Gasteiger partial charge in [0.1, 0.15) is 5.60 Å². The minimum Gasteiger partial charge on any atom is -0.465 e. The van der Waals surface area contributed by atoms with E-state index in [-0.39, 0.29) is 23.8 Å². The van der Waals surface area contributed by atoms with Crippen LogP contribution in [0.25, 0.3) is 0 Å². The van der Waals surface area contributed by atoms with Gasteiger partial charge >= 0.3 is 11.9 Å². The van der Waals surface area contributed by atoms with Crippen LogP contribution in [0.5, 0.6) is 0 Å². The van der Waals surface area contributed by atoms with E-state index in [1.165, 1.54) is 0 Å². The van der Waals surface area contributed by atoms with Crippen LogP contribution in [0.15, 0.2) is 0 Å². The molecule has 0 bridgehead atoms. The second-order valence-corrected chi connectivity index (χ2v) is 5.11. The molecule has 16 heavy (non-hydrogen) atoms. The Kier molecular flexibility index (Phi) is 3.94. The molecule has 0 radical (unpaired) electrons. The Morgan fingerprint density at radius 3 is 2.62 bits per heavy atom. The van der Waals surface area contributed by atoms with Crippen molar-refractivity contribution in [2.24, 2.45) is 11.8 Å². The highest BCUT2D eigenvalue weighted by Crippen LogP contribution is 2.28. The summed E-state index contributed by atoms with van der Waals surface area (Å²) in [7, 11) is 0. The van der Waals surface area contributed by atoms with Crippen molar-refractivity contribution in [1.29, 1.82) is 0 Å². The fourth-order valence-corrected chi connectivity index (χ4v) is 1.87. The highest BCUT2D eigenvalue weighted by Gasteiger charge is 2.39. The summed E-state index contributed by atoms with van der Waals surface area (Å²) in [6.45, 7) is 7.68. The van der Waals surface area contributed by atoms with Gasteiger partial charge in [-0.05, 0) is 33.6 Å². The van der Waals surface area contributed by atoms with Crippen LogP contribution < -0.4 is 0 Å². The molecule has 0 amide bonds. The molecule has 0 aliphatic carbocycles. The van der Waals surface area contributed by atoms with Crippen LogP contribution in [0.4, 0.5) is 0 Å². The first kappa shape index (κ1) is 13.0. The Hall–Kier alpha value is -1.06. The van der Waals surface area contributed by atoms with E-state index in [9.17, 15) is 9.59 Å². The molecule has 0 aromatic heterocycles. The van der Waals surface area contributed by atoms with Crippen LogP contribution in [0.2, 0.25) is 0 Å². The largest absolute Gasteiger partial charge is 0.465 e. The molecule has 1 aliphatic rings. The third-order valence-electron chi connectivity index (χ3n) is 2.61. The van der Waals surface area contributed by atoms with Crippen molar-refractivity contribution in [3.8, 4) is 0 Å². The molecule has 0 aromatic rings. The van der Waals surface area contributed by atoms with Crippen LogP contribution >= 0.6 is 0 Å². The number of cyclic esters (lactones) is 1. The summed E-state index contributed by atoms with van der Waals surface area (Å²) in [5.74, 6) is -1.24. The van der Waals surface area contributed by atoms with Crippen LogP contribution in [-0.2, 0) is 19.1 Å². The smallest absolute Gasteiger partial charge is 0.310 e. The first-order chi connectivity index (χ1) is 7.35. The van der Waals surface area contributed by atoms with Crippen LogP contribution in [-0.4, -0.2) is 24.1 Å². The Morgan fingerprint density at radius 2 is 2.12 bits per heavy atom. The van der Waals surface area contributed by atoms with Gasteiger partial charge in [-0.2, -0.15) is 0 Å². The average Bonchev–Trinajstić information content (AvgIpc) is 2.14. The molecule has 0 aromatic carbocycles. The first-order valence-electron chi connectivity index (χ1n) is 5.74. The fourth-order valence-electron chi connectivity index (χ4n) is 1.87. The molecule has 2 unspecified atom stereocenters. The monoisotopic (exact) mass is 228 g/mol. The predicted octanol–water partition coefficient (Wildman–Crippen LogP) is 1.92. The Morgan fingerprint density at radius 1 is 1.50 bits per heavy atom. The zero-order valence-corrected chi connectivity index (χ0v) is 10.4. The molecule has 1 saturated heterocycles. The summed E-state index contributed by atoms with van der Waals surface area (Å²) in [6, 6.07) is 0. The summed E-state index contributed by atoms with van der Waals surface area (Å²) in [5, 5.41) is 0. The number of carbonyl (C=O) groups is 2. The van der Waals surface area contributed by atoms with Gasteiger partial charge in [-0.15, -0.1) is 0 Å². The van der Waals surface area contributed by atoms with Gasteiger partial charge in [0.2, 0.25) is 0 Å². The molecule has 0 saturated carbocycles. The van der Waals surface area contributed by atoms with Gasteiger partial charge in [0.15, 0.2) is 0 Å². The number of rotatable bonds is 2. The van der Waals surface area contributed by atoms with Gasteiger partial charge in [-0.25, -0.2) is 0 Å². The predicted molar refractivity (Wildman–Crippen MR) is 58.7 cm³/mol. The maximum atomic E-state index is 11.9. The van der Waals surface area contributed by atoms with E-state index in [0.717, 1.165) is 0 Å². The maximum absolute atomic E-state index is 11.9. The van der Waals surface area contributed by atoms with Crippen molar-refractivity contribution in [2.45, 2.75) is 46.1 Å². The molecule has 92 valence electrons. The van der Waals surface area contributed by atoms with Crippen molar-refractivity contribution in [3.63, 3.8) is 0 Å². The molecule has 0 N–H and O–H groups in total. The molecule has 4 nitrogen and oxygen atoms in total. The Labute approximate surface area is 96.3 Å². The third kappa shape index (κ3) is 3.22. The normalized spacial score (nSPS) is 26.1. The third-order valence-corrected chi connectivity index (χ3v) is 2.61. The van der Waals surface area contributed by atoms with Crippen molar-refractivity contribution < 1.29 is 19.1 Å². The van der Waals surface area contributed by atoms with Gasteiger partial charge in [0, 0.05) is 0 Å². The lowest BCUT2D eigenvalue weighted by Crippen LogP contribution is -2.40. The van der Waals surface area contributed by atoms with E-state index in [1.807, 2.05) is 27.7 Å².